The third-order valence-electron chi connectivity index (χ3n) is 5.24. The van der Waals surface area contributed by atoms with E-state index in [4.69, 9.17) is 16.3 Å². The number of hydrogen-bond donors (Lipinski definition) is 1. The summed E-state index contributed by atoms with van der Waals surface area (Å²) in [5.74, 6) is -0.518. The third kappa shape index (κ3) is 3.55. The van der Waals surface area contributed by atoms with Crippen molar-refractivity contribution in [3.63, 3.8) is 0 Å². The predicted octanol–water partition coefficient (Wildman–Crippen LogP) is 2.95. The van der Waals surface area contributed by atoms with E-state index in [1.807, 2.05) is 28.8 Å². The Morgan fingerprint density at radius 2 is 1.96 bits per heavy atom. The summed E-state index contributed by atoms with van der Waals surface area (Å²) in [7, 11) is 1.32. The second kappa shape index (κ2) is 7.77. The number of pyridine rings is 1. The average Bonchev–Trinajstić information content (AvgIpc) is 3.36. The molecular weight excluding hydrogens is 380 g/mol. The number of nitrogens with one attached hydrogen (secondary N) is 1. The molecule has 4 rings (SSSR count). The first-order chi connectivity index (χ1) is 13.6. The van der Waals surface area contributed by atoms with Crippen LogP contribution in [0, 0.1) is 0 Å². The molecular formula is C20H21ClN4O3. The van der Waals surface area contributed by atoms with Crippen LogP contribution in [0.15, 0.2) is 41.5 Å². The molecule has 8 heteroatoms. The van der Waals surface area contributed by atoms with Gasteiger partial charge in [0.05, 0.1) is 18.7 Å². The molecule has 3 aliphatic rings. The van der Waals surface area contributed by atoms with E-state index in [2.05, 4.69) is 15.1 Å². The van der Waals surface area contributed by atoms with Crippen LogP contribution >= 0.6 is 11.6 Å². The van der Waals surface area contributed by atoms with E-state index in [0.717, 1.165) is 31.5 Å². The number of hydrogen-bond acceptors (Lipinski definition) is 5. The van der Waals surface area contributed by atoms with Gasteiger partial charge in [-0.25, -0.2) is 9.89 Å². The van der Waals surface area contributed by atoms with Crippen molar-refractivity contribution in [2.75, 3.05) is 20.2 Å². The molecule has 0 saturated carbocycles. The summed E-state index contributed by atoms with van der Waals surface area (Å²) in [6, 6.07) is 7.94. The summed E-state index contributed by atoms with van der Waals surface area (Å²) in [5.41, 5.74) is 1.80. The lowest BCUT2D eigenvalue weighted by molar-refractivity contribution is 0.0600. The number of ether oxygens (including phenoxy) is 1. The fourth-order valence-corrected chi connectivity index (χ4v) is 3.95. The van der Waals surface area contributed by atoms with Gasteiger partial charge in [0.25, 0.3) is 5.56 Å². The van der Waals surface area contributed by atoms with Crippen molar-refractivity contribution >= 4 is 17.6 Å². The van der Waals surface area contributed by atoms with E-state index in [1.54, 1.807) is 12.4 Å². The van der Waals surface area contributed by atoms with E-state index in [1.165, 1.54) is 7.11 Å². The molecule has 1 aromatic rings. The number of fused-ring (bicyclic) bond motifs is 1. The molecule has 0 amide bonds. The molecule has 1 saturated heterocycles. The number of rotatable bonds is 5. The zero-order valence-corrected chi connectivity index (χ0v) is 16.3. The van der Waals surface area contributed by atoms with Crippen molar-refractivity contribution in [2.24, 2.45) is 0 Å². The summed E-state index contributed by atoms with van der Waals surface area (Å²) < 4.78 is 6.76. The molecule has 0 radical (unpaired) electrons. The van der Waals surface area contributed by atoms with E-state index in [-0.39, 0.29) is 17.2 Å². The zero-order chi connectivity index (χ0) is 19.7. The van der Waals surface area contributed by atoms with Gasteiger partial charge in [0.2, 0.25) is 0 Å². The third-order valence-corrected chi connectivity index (χ3v) is 5.49. The lowest BCUT2D eigenvalue weighted by Gasteiger charge is -2.29. The minimum Gasteiger partial charge on any atom is -0.465 e. The van der Waals surface area contributed by atoms with Gasteiger partial charge in [-0.15, -0.1) is 0 Å². The summed E-state index contributed by atoms with van der Waals surface area (Å²) >= 11 is 6.06. The molecule has 0 spiro atoms. The monoisotopic (exact) mass is 400 g/mol. The number of likely N-dealkylation sites (tertiary alicyclic amines) is 1. The van der Waals surface area contributed by atoms with Gasteiger partial charge in [-0.2, -0.15) is 5.10 Å². The minimum absolute atomic E-state index is 0.106. The highest BCUT2D eigenvalue weighted by Crippen LogP contribution is 2.29. The second-order valence-corrected chi connectivity index (χ2v) is 7.42. The van der Waals surface area contributed by atoms with Gasteiger partial charge in [-0.3, -0.25) is 9.69 Å². The standard InChI is InChI=1S/C20H21ClN4O3/c1-28-20(27)16-11-24(10-15-18(16)22-23-19(15)26)12-17(25-8-2-3-9-25)13-4-6-14(21)7-5-13/h4-7,10-11,17H,2-3,8-9,12H2,1H3,(H,23,26). The van der Waals surface area contributed by atoms with E-state index in [0.29, 0.717) is 22.8 Å². The number of H-pyrrole nitrogens is 1. The Balaban J connectivity index is 1.75. The Hall–Kier alpha value is -2.64. The van der Waals surface area contributed by atoms with Crippen molar-refractivity contribution in [3.05, 3.63) is 63.2 Å². The number of halogens is 1. The topological polar surface area (TPSA) is 80.2 Å². The molecule has 1 fully saturated rings. The second-order valence-electron chi connectivity index (χ2n) is 6.99. The van der Waals surface area contributed by atoms with Gasteiger partial charge in [0, 0.05) is 24.0 Å². The lowest BCUT2D eigenvalue weighted by atomic mass is 10.0. The summed E-state index contributed by atoms with van der Waals surface area (Å²) in [4.78, 5) is 26.8. The van der Waals surface area contributed by atoms with Crippen LogP contribution in [-0.2, 0) is 11.3 Å². The van der Waals surface area contributed by atoms with Crippen molar-refractivity contribution in [1.29, 1.82) is 0 Å². The fourth-order valence-electron chi connectivity index (χ4n) is 3.82. The van der Waals surface area contributed by atoms with Crippen LogP contribution in [0.3, 0.4) is 0 Å². The van der Waals surface area contributed by atoms with Crippen LogP contribution < -0.4 is 5.56 Å². The number of nitrogens with zero attached hydrogens (tertiary/aromatic N) is 3. The van der Waals surface area contributed by atoms with Crippen molar-refractivity contribution in [1.82, 2.24) is 19.7 Å². The molecule has 146 valence electrons. The molecule has 1 unspecified atom stereocenters. The first kappa shape index (κ1) is 18.7. The Bertz CT molecular complexity index is 1010. The number of methoxy groups -OCH3 is 1. The van der Waals surface area contributed by atoms with E-state index < -0.39 is 5.97 Å². The zero-order valence-electron chi connectivity index (χ0n) is 15.5. The van der Waals surface area contributed by atoms with Crippen molar-refractivity contribution in [2.45, 2.75) is 25.4 Å². The van der Waals surface area contributed by atoms with Crippen LogP contribution in [-0.4, -0.2) is 45.8 Å². The maximum Gasteiger partial charge on any atom is 0.341 e. The van der Waals surface area contributed by atoms with Crippen LogP contribution in [0.25, 0.3) is 11.3 Å². The lowest BCUT2D eigenvalue weighted by Crippen LogP contribution is -2.29. The molecule has 0 bridgehead atoms. The SMILES string of the molecule is COC(=O)c1cn(CC(c2ccc(Cl)cc2)N2CCCC2)cc2c(=O)[nH]nc1-2. The van der Waals surface area contributed by atoms with Gasteiger partial charge in [-0.1, -0.05) is 23.7 Å². The smallest absolute Gasteiger partial charge is 0.341 e. The molecule has 1 aromatic carbocycles. The van der Waals surface area contributed by atoms with Crippen molar-refractivity contribution < 1.29 is 9.53 Å². The van der Waals surface area contributed by atoms with Crippen LogP contribution in [0.1, 0.15) is 34.8 Å². The van der Waals surface area contributed by atoms with Crippen molar-refractivity contribution in [3.8, 4) is 11.3 Å². The number of carbonyl (C=O) groups is 1. The number of aromatic amines is 1. The van der Waals surface area contributed by atoms with Gasteiger partial charge in [0.1, 0.15) is 11.3 Å². The van der Waals surface area contributed by atoms with Crippen LogP contribution in [0.2, 0.25) is 5.02 Å². The van der Waals surface area contributed by atoms with E-state index >= 15 is 0 Å². The summed E-state index contributed by atoms with van der Waals surface area (Å²) in [6.45, 7) is 2.61. The van der Waals surface area contributed by atoms with Gasteiger partial charge < -0.3 is 9.30 Å². The number of esters is 1. The Kier molecular flexibility index (Phi) is 5.19. The fraction of sp³-hybridized carbons (Fsp3) is 0.350. The molecule has 0 aromatic heterocycles. The highest BCUT2D eigenvalue weighted by atomic mass is 35.5. The maximum atomic E-state index is 12.2. The van der Waals surface area contributed by atoms with Gasteiger partial charge in [-0.05, 0) is 43.6 Å². The Morgan fingerprint density at radius 1 is 1.25 bits per heavy atom. The number of carbonyl (C=O) groups excluding carboxylic acids is 1. The van der Waals surface area contributed by atoms with E-state index in [9.17, 15) is 9.59 Å². The van der Waals surface area contributed by atoms with Gasteiger partial charge in [0.15, 0.2) is 0 Å². The number of benzene rings is 1. The first-order valence-corrected chi connectivity index (χ1v) is 9.60. The first-order valence-electron chi connectivity index (χ1n) is 9.23. The number of aromatic nitrogens is 3. The molecule has 28 heavy (non-hydrogen) atoms. The molecule has 0 aliphatic carbocycles. The summed E-state index contributed by atoms with van der Waals surface area (Å²) in [5, 5.41) is 7.09. The molecule has 1 atom stereocenters. The molecule has 1 N–H and O–H groups in total. The summed E-state index contributed by atoms with van der Waals surface area (Å²) in [6.07, 6.45) is 5.77. The van der Waals surface area contributed by atoms with Crippen LogP contribution in [0.4, 0.5) is 0 Å². The minimum atomic E-state index is -0.518. The average molecular weight is 401 g/mol. The molecule has 3 aliphatic heterocycles. The molecule has 3 heterocycles. The Morgan fingerprint density at radius 3 is 2.64 bits per heavy atom. The quantitative estimate of drug-likeness (QED) is 0.666. The largest absolute Gasteiger partial charge is 0.465 e. The normalized spacial score (nSPS) is 15.8. The predicted molar refractivity (Wildman–Crippen MR) is 106 cm³/mol. The molecule has 7 nitrogen and oxygen atoms in total. The Labute approximate surface area is 167 Å². The maximum absolute atomic E-state index is 12.2. The van der Waals surface area contributed by atoms with Gasteiger partial charge >= 0.3 is 5.97 Å². The van der Waals surface area contributed by atoms with Crippen LogP contribution in [0.5, 0.6) is 0 Å². The highest BCUT2D eigenvalue weighted by molar-refractivity contribution is 6.30. The highest BCUT2D eigenvalue weighted by Gasteiger charge is 2.26.